The predicted molar refractivity (Wildman–Crippen MR) is 74.2 cm³/mol. The van der Waals surface area contributed by atoms with Crippen molar-refractivity contribution in [2.45, 2.75) is 33.4 Å². The van der Waals surface area contributed by atoms with Gasteiger partial charge in [0, 0.05) is 23.9 Å². The minimum Gasteiger partial charge on any atom is -0.496 e. The van der Waals surface area contributed by atoms with E-state index < -0.39 is 0 Å². The third-order valence-corrected chi connectivity index (χ3v) is 3.30. The number of methoxy groups -OCH3 is 1. The van der Waals surface area contributed by atoms with Crippen molar-refractivity contribution < 1.29 is 9.15 Å². The second-order valence-corrected chi connectivity index (χ2v) is 4.66. The maximum Gasteiger partial charge on any atom is 0.128 e. The molecule has 4 nitrogen and oxygen atoms in total. The Morgan fingerprint density at radius 1 is 1.42 bits per heavy atom. The summed E-state index contributed by atoms with van der Waals surface area (Å²) < 4.78 is 10.8. The summed E-state index contributed by atoms with van der Waals surface area (Å²) in [5, 5.41) is 3.40. The van der Waals surface area contributed by atoms with Crippen molar-refractivity contribution in [2.75, 3.05) is 7.11 Å². The predicted octanol–water partition coefficient (Wildman–Crippen LogP) is 3.15. The van der Waals surface area contributed by atoms with Crippen molar-refractivity contribution in [3.63, 3.8) is 0 Å². The van der Waals surface area contributed by atoms with E-state index in [4.69, 9.17) is 9.15 Å². The SMILES string of the molecule is COc1c(C)cnc(CN[C@H](C)c2ccco2)c1C. The van der Waals surface area contributed by atoms with Crippen LogP contribution < -0.4 is 10.1 Å². The van der Waals surface area contributed by atoms with Gasteiger partial charge in [0.25, 0.3) is 0 Å². The lowest BCUT2D eigenvalue weighted by Gasteiger charge is -2.15. The minimum absolute atomic E-state index is 0.156. The van der Waals surface area contributed by atoms with Crippen LogP contribution in [-0.4, -0.2) is 12.1 Å². The quantitative estimate of drug-likeness (QED) is 0.897. The molecule has 0 saturated heterocycles. The first kappa shape index (κ1) is 13.6. The number of furan rings is 1. The van der Waals surface area contributed by atoms with E-state index in [9.17, 15) is 0 Å². The molecule has 2 heterocycles. The first-order valence-corrected chi connectivity index (χ1v) is 6.39. The van der Waals surface area contributed by atoms with Crippen molar-refractivity contribution in [1.29, 1.82) is 0 Å². The van der Waals surface area contributed by atoms with Gasteiger partial charge in [-0.05, 0) is 32.9 Å². The Morgan fingerprint density at radius 2 is 2.21 bits per heavy atom. The summed E-state index contributed by atoms with van der Waals surface area (Å²) in [4.78, 5) is 4.47. The van der Waals surface area contributed by atoms with Gasteiger partial charge in [-0.3, -0.25) is 4.98 Å². The van der Waals surface area contributed by atoms with Crippen LogP contribution in [0.4, 0.5) is 0 Å². The Labute approximate surface area is 113 Å². The van der Waals surface area contributed by atoms with Crippen LogP contribution in [0.3, 0.4) is 0 Å². The van der Waals surface area contributed by atoms with Crippen LogP contribution >= 0.6 is 0 Å². The van der Waals surface area contributed by atoms with Crippen molar-refractivity contribution in [3.8, 4) is 5.75 Å². The number of hydrogen-bond acceptors (Lipinski definition) is 4. The molecule has 0 fully saturated rings. The lowest BCUT2D eigenvalue weighted by atomic mass is 10.1. The topological polar surface area (TPSA) is 47.3 Å². The van der Waals surface area contributed by atoms with E-state index in [1.807, 2.05) is 32.2 Å². The van der Waals surface area contributed by atoms with E-state index in [0.29, 0.717) is 6.54 Å². The molecule has 0 aliphatic rings. The average Bonchev–Trinajstić information content (AvgIpc) is 2.92. The number of nitrogens with zero attached hydrogens (tertiary/aromatic N) is 1. The molecule has 0 spiro atoms. The Bertz CT molecular complexity index is 535. The van der Waals surface area contributed by atoms with Gasteiger partial charge in [0.05, 0.1) is 25.1 Å². The van der Waals surface area contributed by atoms with Crippen LogP contribution in [0.25, 0.3) is 0 Å². The molecule has 19 heavy (non-hydrogen) atoms. The normalized spacial score (nSPS) is 12.4. The number of pyridine rings is 1. The van der Waals surface area contributed by atoms with E-state index in [1.54, 1.807) is 13.4 Å². The summed E-state index contributed by atoms with van der Waals surface area (Å²) >= 11 is 0. The summed E-state index contributed by atoms with van der Waals surface area (Å²) in [6.45, 7) is 6.79. The number of hydrogen-bond donors (Lipinski definition) is 1. The summed E-state index contributed by atoms with van der Waals surface area (Å²) in [5.74, 6) is 1.84. The monoisotopic (exact) mass is 260 g/mol. The molecular formula is C15H20N2O2. The lowest BCUT2D eigenvalue weighted by Crippen LogP contribution is -2.19. The zero-order valence-corrected chi connectivity index (χ0v) is 11.9. The molecule has 1 atom stereocenters. The zero-order chi connectivity index (χ0) is 13.8. The van der Waals surface area contributed by atoms with Crippen LogP contribution in [-0.2, 0) is 6.54 Å². The second kappa shape index (κ2) is 5.89. The van der Waals surface area contributed by atoms with Gasteiger partial charge in [0.1, 0.15) is 11.5 Å². The first-order chi connectivity index (χ1) is 9.13. The molecule has 0 aliphatic heterocycles. The van der Waals surface area contributed by atoms with Gasteiger partial charge in [0.2, 0.25) is 0 Å². The molecule has 2 rings (SSSR count). The molecule has 1 N–H and O–H groups in total. The van der Waals surface area contributed by atoms with Crippen LogP contribution in [0.5, 0.6) is 5.75 Å². The van der Waals surface area contributed by atoms with Gasteiger partial charge in [-0.15, -0.1) is 0 Å². The Morgan fingerprint density at radius 3 is 2.84 bits per heavy atom. The second-order valence-electron chi connectivity index (χ2n) is 4.66. The summed E-state index contributed by atoms with van der Waals surface area (Å²) in [6.07, 6.45) is 3.53. The molecule has 0 aromatic carbocycles. The van der Waals surface area contributed by atoms with Crippen molar-refractivity contribution in [3.05, 3.63) is 47.2 Å². The molecule has 0 unspecified atom stereocenters. The fourth-order valence-electron chi connectivity index (χ4n) is 2.14. The molecular weight excluding hydrogens is 240 g/mol. The van der Waals surface area contributed by atoms with E-state index >= 15 is 0 Å². The fraction of sp³-hybridized carbons (Fsp3) is 0.400. The highest BCUT2D eigenvalue weighted by Gasteiger charge is 2.12. The van der Waals surface area contributed by atoms with Gasteiger partial charge in [-0.25, -0.2) is 0 Å². The maximum atomic E-state index is 5.41. The number of rotatable bonds is 5. The third kappa shape index (κ3) is 2.96. The number of ether oxygens (including phenoxy) is 1. The molecule has 0 aliphatic carbocycles. The van der Waals surface area contributed by atoms with Gasteiger partial charge in [-0.2, -0.15) is 0 Å². The van der Waals surface area contributed by atoms with Crippen LogP contribution in [0, 0.1) is 13.8 Å². The van der Waals surface area contributed by atoms with Crippen LogP contribution in [0.15, 0.2) is 29.0 Å². The standard InChI is InChI=1S/C15H20N2O2/c1-10-8-17-13(11(2)15(10)18-4)9-16-12(3)14-6-5-7-19-14/h5-8,12,16H,9H2,1-4H3/t12-/m1/s1. The van der Waals surface area contributed by atoms with Crippen molar-refractivity contribution in [1.82, 2.24) is 10.3 Å². The number of nitrogens with one attached hydrogen (secondary N) is 1. The summed E-state index contributed by atoms with van der Waals surface area (Å²) in [5.41, 5.74) is 3.14. The first-order valence-electron chi connectivity index (χ1n) is 6.39. The molecule has 0 amide bonds. The molecule has 4 heteroatoms. The lowest BCUT2D eigenvalue weighted by molar-refractivity contribution is 0.404. The van der Waals surface area contributed by atoms with Crippen LogP contribution in [0.2, 0.25) is 0 Å². The third-order valence-electron chi connectivity index (χ3n) is 3.30. The fourth-order valence-corrected chi connectivity index (χ4v) is 2.14. The largest absolute Gasteiger partial charge is 0.496 e. The zero-order valence-electron chi connectivity index (χ0n) is 11.9. The highest BCUT2D eigenvalue weighted by Crippen LogP contribution is 2.24. The molecule has 0 radical (unpaired) electrons. The summed E-state index contributed by atoms with van der Waals surface area (Å²) in [6, 6.07) is 4.02. The van der Waals surface area contributed by atoms with Gasteiger partial charge < -0.3 is 14.5 Å². The van der Waals surface area contributed by atoms with Crippen molar-refractivity contribution >= 4 is 0 Å². The van der Waals surface area contributed by atoms with E-state index in [0.717, 1.165) is 28.3 Å². The highest BCUT2D eigenvalue weighted by molar-refractivity contribution is 5.41. The van der Waals surface area contributed by atoms with E-state index in [-0.39, 0.29) is 6.04 Å². The molecule has 2 aromatic heterocycles. The number of aromatic nitrogens is 1. The van der Waals surface area contributed by atoms with Gasteiger partial charge in [0.15, 0.2) is 0 Å². The Balaban J connectivity index is 2.08. The van der Waals surface area contributed by atoms with Gasteiger partial charge in [-0.1, -0.05) is 0 Å². The van der Waals surface area contributed by atoms with Gasteiger partial charge >= 0.3 is 0 Å². The Hall–Kier alpha value is -1.81. The molecule has 2 aromatic rings. The molecule has 0 bridgehead atoms. The average molecular weight is 260 g/mol. The molecule has 0 saturated carbocycles. The smallest absolute Gasteiger partial charge is 0.128 e. The maximum absolute atomic E-state index is 5.41. The molecule has 102 valence electrons. The number of aryl methyl sites for hydroxylation is 1. The van der Waals surface area contributed by atoms with E-state index in [2.05, 4.69) is 17.2 Å². The summed E-state index contributed by atoms with van der Waals surface area (Å²) in [7, 11) is 1.69. The van der Waals surface area contributed by atoms with E-state index in [1.165, 1.54) is 0 Å². The van der Waals surface area contributed by atoms with Crippen molar-refractivity contribution in [2.24, 2.45) is 0 Å². The minimum atomic E-state index is 0.156. The highest BCUT2D eigenvalue weighted by atomic mass is 16.5. The van der Waals surface area contributed by atoms with Crippen LogP contribution in [0.1, 0.15) is 35.5 Å². The Kier molecular flexibility index (Phi) is 4.22.